The molecule has 0 aliphatic rings. The van der Waals surface area contributed by atoms with Gasteiger partial charge in [0.15, 0.2) is 5.82 Å². The highest BCUT2D eigenvalue weighted by Crippen LogP contribution is 2.21. The predicted molar refractivity (Wildman–Crippen MR) is 59.3 cm³/mol. The van der Waals surface area contributed by atoms with Gasteiger partial charge in [-0.2, -0.15) is 20.1 Å². The van der Waals surface area contributed by atoms with Crippen LogP contribution in [0.2, 0.25) is 0 Å². The van der Waals surface area contributed by atoms with E-state index in [1.807, 2.05) is 0 Å². The zero-order valence-electron chi connectivity index (χ0n) is 6.53. The standard InChI is InChI=1S/C7H6BrN3S2/c8-6-4-12-3-5(6)1-9-7-2-10-13-11-7/h2-4H,1H2,(H,9,11). The Morgan fingerprint density at radius 2 is 2.38 bits per heavy atom. The molecule has 2 rings (SSSR count). The van der Waals surface area contributed by atoms with Crippen LogP contribution >= 0.6 is 39.0 Å². The van der Waals surface area contributed by atoms with Crippen molar-refractivity contribution >= 4 is 44.8 Å². The van der Waals surface area contributed by atoms with Gasteiger partial charge < -0.3 is 5.32 Å². The van der Waals surface area contributed by atoms with Gasteiger partial charge in [-0.15, -0.1) is 0 Å². The smallest absolute Gasteiger partial charge is 0.160 e. The van der Waals surface area contributed by atoms with E-state index in [9.17, 15) is 0 Å². The third-order valence-corrected chi connectivity index (χ3v) is 3.82. The lowest BCUT2D eigenvalue weighted by Gasteiger charge is -1.99. The summed E-state index contributed by atoms with van der Waals surface area (Å²) in [5.74, 6) is 0.836. The van der Waals surface area contributed by atoms with Crippen molar-refractivity contribution in [1.29, 1.82) is 0 Å². The highest BCUT2D eigenvalue weighted by Gasteiger charge is 2.01. The molecular formula is C7H6BrN3S2. The fraction of sp³-hybridized carbons (Fsp3) is 0.143. The number of thiophene rings is 1. The minimum atomic E-state index is 0.787. The molecule has 0 aliphatic carbocycles. The normalized spacial score (nSPS) is 10.2. The van der Waals surface area contributed by atoms with Crippen LogP contribution in [0, 0.1) is 0 Å². The number of anilines is 1. The molecule has 0 bridgehead atoms. The molecule has 13 heavy (non-hydrogen) atoms. The van der Waals surface area contributed by atoms with E-state index in [0.29, 0.717) is 0 Å². The molecule has 1 N–H and O–H groups in total. The summed E-state index contributed by atoms with van der Waals surface area (Å²) in [7, 11) is 0. The Kier molecular flexibility index (Phi) is 2.92. The molecule has 0 unspecified atom stereocenters. The van der Waals surface area contributed by atoms with Crippen LogP contribution in [0.5, 0.6) is 0 Å². The zero-order valence-corrected chi connectivity index (χ0v) is 9.75. The first-order valence-corrected chi connectivity index (χ1v) is 6.05. The third-order valence-electron chi connectivity index (χ3n) is 1.51. The van der Waals surface area contributed by atoms with Gasteiger partial charge in [-0.25, -0.2) is 0 Å². The molecule has 6 heteroatoms. The monoisotopic (exact) mass is 275 g/mol. The molecule has 68 valence electrons. The predicted octanol–water partition coefficient (Wildman–Crippen LogP) is 2.97. The van der Waals surface area contributed by atoms with Crippen molar-refractivity contribution in [2.75, 3.05) is 5.32 Å². The van der Waals surface area contributed by atoms with Crippen molar-refractivity contribution in [1.82, 2.24) is 8.75 Å². The SMILES string of the molecule is Brc1cscc1CNc1cnsn1. The van der Waals surface area contributed by atoms with Gasteiger partial charge in [-0.3, -0.25) is 0 Å². The van der Waals surface area contributed by atoms with E-state index < -0.39 is 0 Å². The van der Waals surface area contributed by atoms with Gasteiger partial charge in [0.1, 0.15) is 0 Å². The van der Waals surface area contributed by atoms with Crippen LogP contribution in [0.1, 0.15) is 5.56 Å². The maximum absolute atomic E-state index is 4.05. The molecule has 0 saturated carbocycles. The molecule has 2 aromatic heterocycles. The maximum Gasteiger partial charge on any atom is 0.160 e. The first-order chi connectivity index (χ1) is 6.36. The van der Waals surface area contributed by atoms with Gasteiger partial charge in [0.25, 0.3) is 0 Å². The number of aromatic nitrogens is 2. The minimum absolute atomic E-state index is 0.787. The molecule has 0 aliphatic heterocycles. The van der Waals surface area contributed by atoms with Crippen LogP contribution in [0.15, 0.2) is 21.4 Å². The Bertz CT molecular complexity index is 371. The zero-order chi connectivity index (χ0) is 9.10. The van der Waals surface area contributed by atoms with Gasteiger partial charge in [0.05, 0.1) is 17.9 Å². The fourth-order valence-electron chi connectivity index (χ4n) is 0.862. The van der Waals surface area contributed by atoms with Crippen LogP contribution in [-0.2, 0) is 6.54 Å². The summed E-state index contributed by atoms with van der Waals surface area (Å²) in [5.41, 5.74) is 1.25. The van der Waals surface area contributed by atoms with Gasteiger partial charge in [-0.1, -0.05) is 0 Å². The van der Waals surface area contributed by atoms with E-state index in [1.165, 1.54) is 17.3 Å². The molecule has 2 aromatic rings. The van der Waals surface area contributed by atoms with E-state index in [1.54, 1.807) is 17.5 Å². The first kappa shape index (κ1) is 9.11. The van der Waals surface area contributed by atoms with Crippen LogP contribution < -0.4 is 5.32 Å². The Labute approximate surface area is 92.3 Å². The Hall–Kier alpha value is -0.460. The van der Waals surface area contributed by atoms with Crippen molar-refractivity contribution in [2.45, 2.75) is 6.54 Å². The molecule has 3 nitrogen and oxygen atoms in total. The average Bonchev–Trinajstić information content (AvgIpc) is 2.72. The summed E-state index contributed by atoms with van der Waals surface area (Å²) in [6.07, 6.45) is 1.73. The molecule has 0 amide bonds. The van der Waals surface area contributed by atoms with E-state index in [2.05, 4.69) is 40.8 Å². The molecule has 0 aromatic carbocycles. The van der Waals surface area contributed by atoms with Gasteiger partial charge in [0, 0.05) is 16.4 Å². The van der Waals surface area contributed by atoms with Crippen LogP contribution in [0.4, 0.5) is 5.82 Å². The Morgan fingerprint density at radius 3 is 3.00 bits per heavy atom. The number of nitrogens with zero attached hydrogens (tertiary/aromatic N) is 2. The van der Waals surface area contributed by atoms with E-state index >= 15 is 0 Å². The lowest BCUT2D eigenvalue weighted by molar-refractivity contribution is 1.13. The average molecular weight is 276 g/mol. The van der Waals surface area contributed by atoms with Crippen molar-refractivity contribution in [3.8, 4) is 0 Å². The molecule has 0 radical (unpaired) electrons. The van der Waals surface area contributed by atoms with Crippen molar-refractivity contribution in [3.63, 3.8) is 0 Å². The molecule has 0 atom stereocenters. The summed E-state index contributed by atoms with van der Waals surface area (Å²) < 4.78 is 9.10. The van der Waals surface area contributed by atoms with Crippen LogP contribution in [0.3, 0.4) is 0 Å². The summed E-state index contributed by atoms with van der Waals surface area (Å²) in [6.45, 7) is 0.787. The molecule has 0 saturated heterocycles. The van der Waals surface area contributed by atoms with Crippen molar-refractivity contribution in [2.24, 2.45) is 0 Å². The van der Waals surface area contributed by atoms with Gasteiger partial charge in [-0.05, 0) is 26.9 Å². The Morgan fingerprint density at radius 1 is 1.46 bits per heavy atom. The largest absolute Gasteiger partial charge is 0.364 e. The number of nitrogens with one attached hydrogen (secondary N) is 1. The molecular weight excluding hydrogens is 270 g/mol. The Balaban J connectivity index is 1.97. The van der Waals surface area contributed by atoms with Gasteiger partial charge >= 0.3 is 0 Å². The van der Waals surface area contributed by atoms with Gasteiger partial charge in [0.2, 0.25) is 0 Å². The maximum atomic E-state index is 4.05. The lowest BCUT2D eigenvalue weighted by atomic mass is 10.3. The second-order valence-corrected chi connectivity index (χ2v) is 4.55. The summed E-state index contributed by atoms with van der Waals surface area (Å²) in [6, 6.07) is 0. The van der Waals surface area contributed by atoms with Crippen molar-refractivity contribution in [3.05, 3.63) is 27.0 Å². The van der Waals surface area contributed by atoms with Crippen LogP contribution in [0.25, 0.3) is 0 Å². The highest BCUT2D eigenvalue weighted by molar-refractivity contribution is 9.10. The number of rotatable bonds is 3. The van der Waals surface area contributed by atoms with E-state index in [4.69, 9.17) is 0 Å². The quantitative estimate of drug-likeness (QED) is 0.936. The second-order valence-electron chi connectivity index (χ2n) is 2.39. The van der Waals surface area contributed by atoms with E-state index in [-0.39, 0.29) is 0 Å². The lowest BCUT2D eigenvalue weighted by Crippen LogP contribution is -1.98. The summed E-state index contributed by atoms with van der Waals surface area (Å²) in [4.78, 5) is 0. The highest BCUT2D eigenvalue weighted by atomic mass is 79.9. The number of halogens is 1. The minimum Gasteiger partial charge on any atom is -0.364 e. The topological polar surface area (TPSA) is 37.8 Å². The van der Waals surface area contributed by atoms with Crippen molar-refractivity contribution < 1.29 is 0 Å². The second kappa shape index (κ2) is 4.17. The number of hydrogen-bond donors (Lipinski definition) is 1. The summed E-state index contributed by atoms with van der Waals surface area (Å²) >= 11 is 6.36. The number of hydrogen-bond acceptors (Lipinski definition) is 5. The first-order valence-electron chi connectivity index (χ1n) is 3.58. The molecule has 0 fully saturated rings. The van der Waals surface area contributed by atoms with E-state index in [0.717, 1.165) is 16.8 Å². The molecule has 2 heterocycles. The molecule has 0 spiro atoms. The van der Waals surface area contributed by atoms with Crippen LogP contribution in [-0.4, -0.2) is 8.75 Å². The fourth-order valence-corrected chi connectivity index (χ4v) is 2.70. The third kappa shape index (κ3) is 2.26. The summed E-state index contributed by atoms with van der Waals surface area (Å²) in [5, 5.41) is 7.36.